The van der Waals surface area contributed by atoms with Crippen LogP contribution in [-0.4, -0.2) is 35.9 Å². The summed E-state index contributed by atoms with van der Waals surface area (Å²) >= 11 is 12.1. The molecule has 29 heavy (non-hydrogen) atoms. The van der Waals surface area contributed by atoms with Gasteiger partial charge in [-0.3, -0.25) is 9.59 Å². The first kappa shape index (κ1) is 23.0. The maximum absolute atomic E-state index is 13.0. The van der Waals surface area contributed by atoms with Crippen LogP contribution in [0.3, 0.4) is 0 Å². The van der Waals surface area contributed by atoms with Crippen LogP contribution in [-0.2, 0) is 16.1 Å². The van der Waals surface area contributed by atoms with Crippen molar-refractivity contribution in [2.24, 2.45) is 0 Å². The Morgan fingerprint density at radius 3 is 2.45 bits per heavy atom. The van der Waals surface area contributed by atoms with E-state index in [1.165, 1.54) is 4.90 Å². The number of halogens is 2. The molecule has 0 spiro atoms. The van der Waals surface area contributed by atoms with Crippen LogP contribution >= 0.6 is 23.2 Å². The van der Waals surface area contributed by atoms with Crippen LogP contribution in [0.4, 0.5) is 0 Å². The molecular formula is C22H26Cl2N2O3. The van der Waals surface area contributed by atoms with E-state index in [1.54, 1.807) is 25.1 Å². The number of rotatable bonds is 8. The van der Waals surface area contributed by atoms with Crippen LogP contribution < -0.4 is 10.1 Å². The van der Waals surface area contributed by atoms with E-state index in [4.69, 9.17) is 27.9 Å². The molecule has 2 aromatic carbocycles. The summed E-state index contributed by atoms with van der Waals surface area (Å²) in [4.78, 5) is 26.8. The van der Waals surface area contributed by atoms with Crippen molar-refractivity contribution in [3.05, 3.63) is 63.1 Å². The maximum atomic E-state index is 13.0. The summed E-state index contributed by atoms with van der Waals surface area (Å²) in [5.41, 5.74) is 2.84. The number of carbonyl (C=O) groups is 2. The predicted molar refractivity (Wildman–Crippen MR) is 117 cm³/mol. The normalized spacial score (nSPS) is 11.7. The number of nitrogens with one attached hydrogen (secondary N) is 1. The molecule has 0 heterocycles. The van der Waals surface area contributed by atoms with E-state index in [9.17, 15) is 9.59 Å². The van der Waals surface area contributed by atoms with Crippen molar-refractivity contribution in [3.63, 3.8) is 0 Å². The number of amides is 2. The van der Waals surface area contributed by atoms with Crippen molar-refractivity contribution in [1.82, 2.24) is 10.2 Å². The number of hydrogen-bond acceptors (Lipinski definition) is 3. The average molecular weight is 437 g/mol. The van der Waals surface area contributed by atoms with Crippen LogP contribution in [0, 0.1) is 13.8 Å². The number of ether oxygens (including phenoxy) is 1. The summed E-state index contributed by atoms with van der Waals surface area (Å²) in [7, 11) is 0. The smallest absolute Gasteiger partial charge is 0.261 e. The van der Waals surface area contributed by atoms with Crippen LogP contribution in [0.15, 0.2) is 36.4 Å². The molecule has 0 fully saturated rings. The van der Waals surface area contributed by atoms with Gasteiger partial charge in [0.1, 0.15) is 11.8 Å². The molecule has 0 bridgehead atoms. The Kier molecular flexibility index (Phi) is 8.35. The minimum absolute atomic E-state index is 0.172. The third-order valence-corrected chi connectivity index (χ3v) is 5.28. The summed E-state index contributed by atoms with van der Waals surface area (Å²) in [6.07, 6.45) is 0. The third kappa shape index (κ3) is 6.38. The zero-order chi connectivity index (χ0) is 21.6. The quantitative estimate of drug-likeness (QED) is 0.660. The highest BCUT2D eigenvalue weighted by atomic mass is 35.5. The van der Waals surface area contributed by atoms with Gasteiger partial charge in [0.15, 0.2) is 6.61 Å². The Balaban J connectivity index is 2.19. The second-order valence-electron chi connectivity index (χ2n) is 6.90. The van der Waals surface area contributed by atoms with Gasteiger partial charge in [-0.1, -0.05) is 47.0 Å². The monoisotopic (exact) mass is 436 g/mol. The first-order valence-electron chi connectivity index (χ1n) is 9.44. The fraction of sp³-hybridized carbons (Fsp3) is 0.364. The summed E-state index contributed by atoms with van der Waals surface area (Å²) < 4.78 is 5.73. The highest BCUT2D eigenvalue weighted by Gasteiger charge is 2.26. The standard InChI is InChI=1S/C22H26Cl2N2O3/c1-5-25-22(28)16(4)26(12-17-7-8-18(23)19(24)11-17)21(27)13-29-20-9-6-14(2)10-15(20)3/h6-11,16H,5,12-13H2,1-4H3,(H,25,28)/t16-/m0/s1. The van der Waals surface area contributed by atoms with Gasteiger partial charge in [-0.25, -0.2) is 0 Å². The Bertz CT molecular complexity index is 886. The molecule has 0 aliphatic carbocycles. The highest BCUT2D eigenvalue weighted by Crippen LogP contribution is 2.24. The minimum Gasteiger partial charge on any atom is -0.483 e. The molecule has 1 atom stereocenters. The third-order valence-electron chi connectivity index (χ3n) is 4.54. The lowest BCUT2D eigenvalue weighted by Crippen LogP contribution is -2.49. The van der Waals surface area contributed by atoms with Crippen LogP contribution in [0.5, 0.6) is 5.75 Å². The molecule has 1 N–H and O–H groups in total. The van der Waals surface area contributed by atoms with Crippen molar-refractivity contribution in [2.75, 3.05) is 13.2 Å². The lowest BCUT2D eigenvalue weighted by atomic mass is 10.1. The van der Waals surface area contributed by atoms with Gasteiger partial charge in [0.2, 0.25) is 5.91 Å². The molecule has 2 rings (SSSR count). The highest BCUT2D eigenvalue weighted by molar-refractivity contribution is 6.42. The minimum atomic E-state index is -0.667. The van der Waals surface area contributed by atoms with E-state index in [-0.39, 0.29) is 25.0 Å². The lowest BCUT2D eigenvalue weighted by molar-refractivity contribution is -0.142. The molecule has 0 aliphatic rings. The van der Waals surface area contributed by atoms with Crippen molar-refractivity contribution in [2.45, 2.75) is 40.3 Å². The van der Waals surface area contributed by atoms with Crippen molar-refractivity contribution >= 4 is 35.0 Å². The van der Waals surface area contributed by atoms with E-state index in [0.717, 1.165) is 16.7 Å². The lowest BCUT2D eigenvalue weighted by Gasteiger charge is -2.28. The number of carbonyl (C=O) groups excluding carboxylic acids is 2. The molecule has 0 saturated carbocycles. The first-order valence-corrected chi connectivity index (χ1v) is 10.2. The van der Waals surface area contributed by atoms with E-state index >= 15 is 0 Å². The number of likely N-dealkylation sites (N-methyl/N-ethyl adjacent to an activating group) is 1. The fourth-order valence-electron chi connectivity index (χ4n) is 2.92. The molecule has 0 saturated heterocycles. The van der Waals surface area contributed by atoms with Crippen LogP contribution in [0.2, 0.25) is 10.0 Å². The van der Waals surface area contributed by atoms with E-state index in [0.29, 0.717) is 22.3 Å². The van der Waals surface area contributed by atoms with E-state index < -0.39 is 6.04 Å². The van der Waals surface area contributed by atoms with Gasteiger partial charge in [-0.05, 0) is 57.0 Å². The van der Waals surface area contributed by atoms with Gasteiger partial charge in [-0.15, -0.1) is 0 Å². The largest absolute Gasteiger partial charge is 0.483 e. The van der Waals surface area contributed by atoms with E-state index in [2.05, 4.69) is 5.32 Å². The van der Waals surface area contributed by atoms with Crippen molar-refractivity contribution in [3.8, 4) is 5.75 Å². The van der Waals surface area contributed by atoms with Crippen molar-refractivity contribution < 1.29 is 14.3 Å². The average Bonchev–Trinajstić information content (AvgIpc) is 2.67. The molecule has 0 unspecified atom stereocenters. The Morgan fingerprint density at radius 2 is 1.83 bits per heavy atom. The zero-order valence-electron chi connectivity index (χ0n) is 17.1. The first-order chi connectivity index (χ1) is 13.7. The van der Waals surface area contributed by atoms with Crippen LogP contribution in [0.1, 0.15) is 30.5 Å². The summed E-state index contributed by atoms with van der Waals surface area (Å²) in [6, 6.07) is 10.2. The number of benzene rings is 2. The molecule has 0 aliphatic heterocycles. The number of nitrogens with zero attached hydrogens (tertiary/aromatic N) is 1. The van der Waals surface area contributed by atoms with Gasteiger partial charge in [0.25, 0.3) is 5.91 Å². The summed E-state index contributed by atoms with van der Waals surface area (Å²) in [6.45, 7) is 7.97. The molecule has 7 heteroatoms. The van der Waals surface area contributed by atoms with Gasteiger partial charge in [0, 0.05) is 13.1 Å². The number of hydrogen-bond donors (Lipinski definition) is 1. The van der Waals surface area contributed by atoms with Crippen LogP contribution in [0.25, 0.3) is 0 Å². The Morgan fingerprint density at radius 1 is 1.10 bits per heavy atom. The molecule has 2 amide bonds. The Labute approximate surface area is 181 Å². The molecule has 0 radical (unpaired) electrons. The molecule has 5 nitrogen and oxygen atoms in total. The van der Waals surface area contributed by atoms with Crippen molar-refractivity contribution in [1.29, 1.82) is 0 Å². The van der Waals surface area contributed by atoms with E-state index in [1.807, 2.05) is 39.0 Å². The number of aryl methyl sites for hydroxylation is 2. The topological polar surface area (TPSA) is 58.6 Å². The second-order valence-corrected chi connectivity index (χ2v) is 7.71. The molecule has 2 aromatic rings. The summed E-state index contributed by atoms with van der Waals surface area (Å²) in [5.74, 6) is 0.117. The molecular weight excluding hydrogens is 411 g/mol. The van der Waals surface area contributed by atoms with Gasteiger partial charge >= 0.3 is 0 Å². The second kappa shape index (κ2) is 10.5. The van der Waals surface area contributed by atoms with Gasteiger partial charge in [-0.2, -0.15) is 0 Å². The molecule has 156 valence electrons. The SMILES string of the molecule is CCNC(=O)[C@H](C)N(Cc1ccc(Cl)c(Cl)c1)C(=O)COc1ccc(C)cc1C. The maximum Gasteiger partial charge on any atom is 0.261 e. The zero-order valence-corrected chi connectivity index (χ0v) is 18.6. The fourth-order valence-corrected chi connectivity index (χ4v) is 3.24. The van der Waals surface area contributed by atoms with Gasteiger partial charge < -0.3 is 15.0 Å². The predicted octanol–water partition coefficient (Wildman–Crippen LogP) is 4.54. The summed E-state index contributed by atoms with van der Waals surface area (Å²) in [5, 5.41) is 3.59. The van der Waals surface area contributed by atoms with Gasteiger partial charge in [0.05, 0.1) is 10.0 Å². The Hall–Kier alpha value is -2.24. The molecule has 0 aromatic heterocycles.